The van der Waals surface area contributed by atoms with Gasteiger partial charge in [-0.25, -0.2) is 4.98 Å². The van der Waals surface area contributed by atoms with E-state index in [0.717, 1.165) is 23.9 Å². The SMILES string of the molecule is COC(=O)Cc1csc(C2COCCN2)n1. The van der Waals surface area contributed by atoms with Crippen molar-refractivity contribution in [1.82, 2.24) is 10.3 Å². The normalized spacial score (nSPS) is 20.7. The fourth-order valence-corrected chi connectivity index (χ4v) is 2.39. The van der Waals surface area contributed by atoms with E-state index < -0.39 is 0 Å². The third kappa shape index (κ3) is 2.78. The number of nitrogens with one attached hydrogen (secondary N) is 1. The van der Waals surface area contributed by atoms with Gasteiger partial charge in [0.1, 0.15) is 5.01 Å². The van der Waals surface area contributed by atoms with Crippen molar-refractivity contribution in [3.63, 3.8) is 0 Å². The molecule has 1 N–H and O–H groups in total. The van der Waals surface area contributed by atoms with Crippen LogP contribution in [0.3, 0.4) is 0 Å². The Bertz CT molecular complexity index is 361. The smallest absolute Gasteiger partial charge is 0.311 e. The molecule has 16 heavy (non-hydrogen) atoms. The van der Waals surface area contributed by atoms with Crippen molar-refractivity contribution in [2.24, 2.45) is 0 Å². The van der Waals surface area contributed by atoms with Gasteiger partial charge in [-0.1, -0.05) is 0 Å². The molecule has 1 unspecified atom stereocenters. The van der Waals surface area contributed by atoms with Crippen LogP contribution in [0.25, 0.3) is 0 Å². The van der Waals surface area contributed by atoms with Crippen LogP contribution in [0.15, 0.2) is 5.38 Å². The first-order valence-electron chi connectivity index (χ1n) is 5.12. The van der Waals surface area contributed by atoms with Crippen LogP contribution < -0.4 is 5.32 Å². The highest BCUT2D eigenvalue weighted by Gasteiger charge is 2.19. The zero-order valence-corrected chi connectivity index (χ0v) is 9.88. The van der Waals surface area contributed by atoms with Gasteiger partial charge in [-0.2, -0.15) is 0 Å². The average Bonchev–Trinajstić information content (AvgIpc) is 2.78. The van der Waals surface area contributed by atoms with Crippen LogP contribution >= 0.6 is 11.3 Å². The summed E-state index contributed by atoms with van der Waals surface area (Å²) in [6, 6.07) is 0.158. The first-order valence-corrected chi connectivity index (χ1v) is 6.00. The van der Waals surface area contributed by atoms with Crippen LogP contribution in [-0.2, 0) is 20.7 Å². The molecule has 6 heteroatoms. The fraction of sp³-hybridized carbons (Fsp3) is 0.600. The molecule has 0 bridgehead atoms. The van der Waals surface area contributed by atoms with Gasteiger partial charge in [-0.15, -0.1) is 11.3 Å². The van der Waals surface area contributed by atoms with Gasteiger partial charge in [0.25, 0.3) is 0 Å². The highest BCUT2D eigenvalue weighted by molar-refractivity contribution is 7.09. The molecule has 1 fully saturated rings. The zero-order chi connectivity index (χ0) is 11.4. The minimum atomic E-state index is -0.260. The van der Waals surface area contributed by atoms with E-state index in [9.17, 15) is 4.79 Å². The summed E-state index contributed by atoms with van der Waals surface area (Å²) in [7, 11) is 1.38. The molecule has 2 heterocycles. The summed E-state index contributed by atoms with van der Waals surface area (Å²) < 4.78 is 9.95. The van der Waals surface area contributed by atoms with E-state index in [0.29, 0.717) is 6.61 Å². The molecule has 1 aromatic rings. The maximum absolute atomic E-state index is 11.1. The number of thiazole rings is 1. The summed E-state index contributed by atoms with van der Waals surface area (Å²) in [5, 5.41) is 6.19. The number of nitrogens with zero attached hydrogens (tertiary/aromatic N) is 1. The van der Waals surface area contributed by atoms with Crippen molar-refractivity contribution in [3.05, 3.63) is 16.1 Å². The molecule has 0 aromatic carbocycles. The van der Waals surface area contributed by atoms with Crippen molar-refractivity contribution in [2.45, 2.75) is 12.5 Å². The van der Waals surface area contributed by atoms with E-state index in [1.54, 1.807) is 11.3 Å². The largest absolute Gasteiger partial charge is 0.469 e. The minimum Gasteiger partial charge on any atom is -0.469 e. The van der Waals surface area contributed by atoms with Crippen LogP contribution in [0.1, 0.15) is 16.7 Å². The fourth-order valence-electron chi connectivity index (χ4n) is 1.51. The van der Waals surface area contributed by atoms with Gasteiger partial charge in [-0.3, -0.25) is 4.79 Å². The molecule has 2 rings (SSSR count). The summed E-state index contributed by atoms with van der Waals surface area (Å²) in [4.78, 5) is 15.5. The number of carbonyl (C=O) groups excluding carboxylic acids is 1. The number of rotatable bonds is 3. The monoisotopic (exact) mass is 242 g/mol. The molecule has 1 aromatic heterocycles. The van der Waals surface area contributed by atoms with Gasteiger partial charge in [-0.05, 0) is 0 Å². The molecule has 88 valence electrons. The van der Waals surface area contributed by atoms with Gasteiger partial charge >= 0.3 is 5.97 Å². The van der Waals surface area contributed by atoms with Crippen LogP contribution in [-0.4, -0.2) is 37.8 Å². The van der Waals surface area contributed by atoms with Gasteiger partial charge in [0.05, 0.1) is 38.5 Å². The van der Waals surface area contributed by atoms with Crippen molar-refractivity contribution in [2.75, 3.05) is 26.9 Å². The summed E-state index contributed by atoms with van der Waals surface area (Å²) >= 11 is 1.55. The lowest BCUT2D eigenvalue weighted by molar-refractivity contribution is -0.139. The molecule has 0 radical (unpaired) electrons. The van der Waals surface area contributed by atoms with E-state index in [-0.39, 0.29) is 18.4 Å². The summed E-state index contributed by atoms with van der Waals surface area (Å²) in [5.74, 6) is -0.260. The molecule has 1 atom stereocenters. The third-order valence-corrected chi connectivity index (χ3v) is 3.35. The van der Waals surface area contributed by atoms with E-state index in [1.807, 2.05) is 5.38 Å². The Morgan fingerprint density at radius 3 is 3.38 bits per heavy atom. The number of carbonyl (C=O) groups is 1. The van der Waals surface area contributed by atoms with E-state index in [4.69, 9.17) is 4.74 Å². The maximum atomic E-state index is 11.1. The number of ether oxygens (including phenoxy) is 2. The lowest BCUT2D eigenvalue weighted by Crippen LogP contribution is -2.34. The summed E-state index contributed by atoms with van der Waals surface area (Å²) in [6.07, 6.45) is 0.237. The second-order valence-electron chi connectivity index (χ2n) is 3.51. The second-order valence-corrected chi connectivity index (χ2v) is 4.40. The molecule has 1 saturated heterocycles. The van der Waals surface area contributed by atoms with Crippen LogP contribution in [0.4, 0.5) is 0 Å². The molecular formula is C10H14N2O3S. The van der Waals surface area contributed by atoms with Gasteiger partial charge in [0.15, 0.2) is 0 Å². The predicted octanol–water partition coefficient (Wildman–Crippen LogP) is 0.519. The lowest BCUT2D eigenvalue weighted by atomic mass is 10.3. The van der Waals surface area contributed by atoms with Crippen molar-refractivity contribution >= 4 is 17.3 Å². The van der Waals surface area contributed by atoms with Crippen LogP contribution in [0, 0.1) is 0 Å². The molecule has 0 amide bonds. The van der Waals surface area contributed by atoms with Crippen molar-refractivity contribution < 1.29 is 14.3 Å². The third-order valence-electron chi connectivity index (χ3n) is 2.34. The number of hydrogen-bond acceptors (Lipinski definition) is 6. The number of aromatic nitrogens is 1. The summed E-state index contributed by atoms with van der Waals surface area (Å²) in [6.45, 7) is 2.23. The average molecular weight is 242 g/mol. The molecule has 1 aliphatic heterocycles. The zero-order valence-electron chi connectivity index (χ0n) is 9.06. The topological polar surface area (TPSA) is 60.5 Å². The number of morpholine rings is 1. The van der Waals surface area contributed by atoms with Crippen LogP contribution in [0.2, 0.25) is 0 Å². The Morgan fingerprint density at radius 1 is 1.81 bits per heavy atom. The summed E-state index contributed by atoms with van der Waals surface area (Å²) in [5.41, 5.74) is 0.763. The van der Waals surface area contributed by atoms with Crippen molar-refractivity contribution in [1.29, 1.82) is 0 Å². The van der Waals surface area contributed by atoms with E-state index in [2.05, 4.69) is 15.0 Å². The minimum absolute atomic E-state index is 0.158. The highest BCUT2D eigenvalue weighted by atomic mass is 32.1. The van der Waals surface area contributed by atoms with Crippen LogP contribution in [0.5, 0.6) is 0 Å². The first kappa shape index (κ1) is 11.5. The number of hydrogen-bond donors (Lipinski definition) is 1. The number of esters is 1. The molecule has 0 spiro atoms. The Balaban J connectivity index is 1.98. The van der Waals surface area contributed by atoms with Crippen molar-refractivity contribution in [3.8, 4) is 0 Å². The Labute approximate surface area is 97.8 Å². The van der Waals surface area contributed by atoms with E-state index >= 15 is 0 Å². The molecular weight excluding hydrogens is 228 g/mol. The Kier molecular flexibility index (Phi) is 3.87. The standard InChI is InChI=1S/C10H14N2O3S/c1-14-9(13)4-7-6-16-10(12-7)8-5-15-3-2-11-8/h6,8,11H,2-5H2,1H3. The number of methoxy groups -OCH3 is 1. The maximum Gasteiger partial charge on any atom is 0.311 e. The Morgan fingerprint density at radius 2 is 2.69 bits per heavy atom. The second kappa shape index (κ2) is 5.38. The molecule has 0 aliphatic carbocycles. The quantitative estimate of drug-likeness (QED) is 0.783. The predicted molar refractivity (Wildman–Crippen MR) is 59.4 cm³/mol. The van der Waals surface area contributed by atoms with E-state index in [1.165, 1.54) is 7.11 Å². The Hall–Kier alpha value is -0.980. The first-order chi connectivity index (χ1) is 7.79. The van der Waals surface area contributed by atoms with Gasteiger partial charge in [0.2, 0.25) is 0 Å². The van der Waals surface area contributed by atoms with Gasteiger partial charge in [0, 0.05) is 11.9 Å². The molecule has 0 saturated carbocycles. The highest BCUT2D eigenvalue weighted by Crippen LogP contribution is 2.20. The van der Waals surface area contributed by atoms with Gasteiger partial charge < -0.3 is 14.8 Å². The molecule has 1 aliphatic rings. The molecule has 5 nitrogen and oxygen atoms in total. The lowest BCUT2D eigenvalue weighted by Gasteiger charge is -2.21.